The first kappa shape index (κ1) is 22.7. The molecular weight excluding hydrogens is 517 g/mol. The van der Waals surface area contributed by atoms with Gasteiger partial charge in [0.05, 0.1) is 35.2 Å². The van der Waals surface area contributed by atoms with Gasteiger partial charge < -0.3 is 15.0 Å². The molecule has 11 heteroatoms. The number of hydrazone groups is 1. The van der Waals surface area contributed by atoms with Gasteiger partial charge in [-0.15, -0.1) is 0 Å². The van der Waals surface area contributed by atoms with Gasteiger partial charge in [0, 0.05) is 23.1 Å². The number of anilines is 4. The third-order valence-electron chi connectivity index (χ3n) is 4.65. The quantitative estimate of drug-likeness (QED) is 0.327. The molecule has 2 N–H and O–H groups in total. The minimum atomic E-state index is 0.284. The van der Waals surface area contributed by atoms with Crippen LogP contribution in [0.4, 0.5) is 23.5 Å². The molecule has 0 amide bonds. The fourth-order valence-electron chi connectivity index (χ4n) is 3.01. The van der Waals surface area contributed by atoms with Gasteiger partial charge in [0.15, 0.2) is 0 Å². The summed E-state index contributed by atoms with van der Waals surface area (Å²) in [6.07, 6.45) is 1.53. The average molecular weight is 537 g/mol. The minimum absolute atomic E-state index is 0.284. The van der Waals surface area contributed by atoms with Crippen molar-refractivity contribution in [2.75, 3.05) is 41.9 Å². The third kappa shape index (κ3) is 5.66. The molecule has 3 aromatic rings. The van der Waals surface area contributed by atoms with E-state index in [2.05, 4.69) is 46.7 Å². The lowest BCUT2D eigenvalue weighted by molar-refractivity contribution is 0.122. The molecule has 0 spiro atoms. The lowest BCUT2D eigenvalue weighted by atomic mass is 10.2. The number of morpholine rings is 1. The monoisotopic (exact) mass is 535 g/mol. The summed E-state index contributed by atoms with van der Waals surface area (Å²) < 4.78 is 6.35. The number of hydrogen-bond donors (Lipinski definition) is 2. The highest BCUT2D eigenvalue weighted by molar-refractivity contribution is 9.10. The fraction of sp³-hybridized carbons (Fsp3) is 0.238. The molecule has 0 aliphatic carbocycles. The van der Waals surface area contributed by atoms with E-state index in [0.717, 1.165) is 15.7 Å². The maximum absolute atomic E-state index is 6.20. The van der Waals surface area contributed by atoms with Gasteiger partial charge in [-0.05, 0) is 52.7 Å². The summed E-state index contributed by atoms with van der Waals surface area (Å²) in [4.78, 5) is 15.6. The summed E-state index contributed by atoms with van der Waals surface area (Å²) in [6, 6.07) is 11.3. The molecule has 4 rings (SSSR count). The molecular formula is C21H20BrCl2N7O. The summed E-state index contributed by atoms with van der Waals surface area (Å²) in [5.41, 5.74) is 5.44. The molecule has 1 saturated heterocycles. The van der Waals surface area contributed by atoms with Crippen LogP contribution in [0, 0.1) is 6.92 Å². The van der Waals surface area contributed by atoms with Crippen LogP contribution in [0.3, 0.4) is 0 Å². The van der Waals surface area contributed by atoms with E-state index in [0.29, 0.717) is 53.8 Å². The van der Waals surface area contributed by atoms with Crippen molar-refractivity contribution in [1.29, 1.82) is 0 Å². The van der Waals surface area contributed by atoms with Crippen LogP contribution in [0.2, 0.25) is 10.0 Å². The number of aromatic nitrogens is 3. The first-order valence-electron chi connectivity index (χ1n) is 9.84. The van der Waals surface area contributed by atoms with E-state index in [1.165, 1.54) is 6.21 Å². The van der Waals surface area contributed by atoms with Gasteiger partial charge in [0.2, 0.25) is 17.8 Å². The van der Waals surface area contributed by atoms with Crippen molar-refractivity contribution in [1.82, 2.24) is 15.0 Å². The number of nitrogens with one attached hydrogen (secondary N) is 2. The Morgan fingerprint density at radius 3 is 2.50 bits per heavy atom. The number of halogens is 3. The largest absolute Gasteiger partial charge is 0.378 e. The van der Waals surface area contributed by atoms with Gasteiger partial charge in [-0.25, -0.2) is 5.43 Å². The Morgan fingerprint density at radius 1 is 1.06 bits per heavy atom. The van der Waals surface area contributed by atoms with E-state index in [1.54, 1.807) is 18.2 Å². The Balaban J connectivity index is 1.61. The zero-order chi connectivity index (χ0) is 22.5. The molecule has 1 aromatic heterocycles. The Kier molecular flexibility index (Phi) is 7.41. The van der Waals surface area contributed by atoms with Gasteiger partial charge in [-0.2, -0.15) is 20.1 Å². The molecule has 1 aliphatic heterocycles. The predicted octanol–water partition coefficient (Wildman–Crippen LogP) is 5.28. The van der Waals surface area contributed by atoms with Gasteiger partial charge in [-0.1, -0.05) is 35.3 Å². The molecule has 166 valence electrons. The van der Waals surface area contributed by atoms with Crippen LogP contribution in [0.5, 0.6) is 0 Å². The van der Waals surface area contributed by atoms with Crippen molar-refractivity contribution in [2.24, 2.45) is 5.10 Å². The van der Waals surface area contributed by atoms with E-state index in [-0.39, 0.29) is 5.95 Å². The minimum Gasteiger partial charge on any atom is -0.378 e. The van der Waals surface area contributed by atoms with E-state index in [1.807, 2.05) is 30.0 Å². The molecule has 0 radical (unpaired) electrons. The van der Waals surface area contributed by atoms with Crippen LogP contribution in [0.15, 0.2) is 46.0 Å². The summed E-state index contributed by atoms with van der Waals surface area (Å²) >= 11 is 16.0. The van der Waals surface area contributed by atoms with Crippen LogP contribution in [0.25, 0.3) is 0 Å². The normalized spacial score (nSPS) is 14.1. The highest BCUT2D eigenvalue weighted by Gasteiger charge is 2.17. The van der Waals surface area contributed by atoms with E-state index in [4.69, 9.17) is 27.9 Å². The van der Waals surface area contributed by atoms with Crippen LogP contribution in [-0.2, 0) is 4.74 Å². The van der Waals surface area contributed by atoms with Gasteiger partial charge in [0.1, 0.15) is 0 Å². The number of hydrogen-bond acceptors (Lipinski definition) is 8. The van der Waals surface area contributed by atoms with Crippen molar-refractivity contribution < 1.29 is 4.74 Å². The third-order valence-corrected chi connectivity index (χ3v) is 5.96. The van der Waals surface area contributed by atoms with Crippen LogP contribution in [-0.4, -0.2) is 47.5 Å². The molecule has 0 unspecified atom stereocenters. The SMILES string of the molecule is Cc1ccc(Nc2nc(N/N=C\c3c(Cl)cccc3Cl)nc(N3CCOCC3)n2)c(Br)c1. The van der Waals surface area contributed by atoms with E-state index >= 15 is 0 Å². The second kappa shape index (κ2) is 10.4. The van der Waals surface area contributed by atoms with Crippen molar-refractivity contribution in [2.45, 2.75) is 6.92 Å². The highest BCUT2D eigenvalue weighted by atomic mass is 79.9. The maximum atomic E-state index is 6.20. The number of benzene rings is 2. The molecule has 1 aliphatic rings. The molecule has 2 aromatic carbocycles. The Bertz CT molecular complexity index is 1120. The summed E-state index contributed by atoms with van der Waals surface area (Å²) in [6.45, 7) is 4.64. The molecule has 0 bridgehead atoms. The van der Waals surface area contributed by atoms with Gasteiger partial charge in [0.25, 0.3) is 0 Å². The second-order valence-electron chi connectivity index (χ2n) is 7.00. The summed E-state index contributed by atoms with van der Waals surface area (Å²) in [5, 5.41) is 8.46. The molecule has 32 heavy (non-hydrogen) atoms. The molecule has 8 nitrogen and oxygen atoms in total. The van der Waals surface area contributed by atoms with Crippen molar-refractivity contribution in [3.63, 3.8) is 0 Å². The topological polar surface area (TPSA) is 87.6 Å². The van der Waals surface area contributed by atoms with Crippen molar-refractivity contribution in [3.05, 3.63) is 62.0 Å². The fourth-order valence-corrected chi connectivity index (χ4v) is 4.09. The van der Waals surface area contributed by atoms with Crippen molar-refractivity contribution >= 4 is 68.9 Å². The lowest BCUT2D eigenvalue weighted by Crippen LogP contribution is -2.37. The number of nitrogens with zero attached hydrogens (tertiary/aromatic N) is 5. The van der Waals surface area contributed by atoms with Crippen molar-refractivity contribution in [3.8, 4) is 0 Å². The Morgan fingerprint density at radius 2 is 1.78 bits per heavy atom. The first-order valence-corrected chi connectivity index (χ1v) is 11.4. The Labute approximate surface area is 204 Å². The number of rotatable bonds is 6. The molecule has 0 atom stereocenters. The number of ether oxygens (including phenoxy) is 1. The van der Waals surface area contributed by atoms with E-state index in [9.17, 15) is 0 Å². The zero-order valence-corrected chi connectivity index (χ0v) is 20.2. The highest BCUT2D eigenvalue weighted by Crippen LogP contribution is 2.27. The molecule has 0 saturated carbocycles. The average Bonchev–Trinajstić information content (AvgIpc) is 2.78. The first-order chi connectivity index (χ1) is 15.5. The lowest BCUT2D eigenvalue weighted by Gasteiger charge is -2.27. The van der Waals surface area contributed by atoms with Crippen LogP contribution >= 0.6 is 39.1 Å². The summed E-state index contributed by atoms with van der Waals surface area (Å²) in [7, 11) is 0. The summed E-state index contributed by atoms with van der Waals surface area (Å²) in [5.74, 6) is 1.20. The van der Waals surface area contributed by atoms with Crippen LogP contribution in [0.1, 0.15) is 11.1 Å². The smallest absolute Gasteiger partial charge is 0.250 e. The van der Waals surface area contributed by atoms with Gasteiger partial charge in [-0.3, -0.25) is 0 Å². The predicted molar refractivity (Wildman–Crippen MR) is 133 cm³/mol. The number of aryl methyl sites for hydroxylation is 1. The second-order valence-corrected chi connectivity index (χ2v) is 8.66. The standard InChI is InChI=1S/C21H20BrCl2N7O/c1-13-5-6-18(15(22)11-13)26-19-27-20(29-21(28-19)31-7-9-32-10-8-31)30-25-12-14-16(23)3-2-4-17(14)24/h2-6,11-12H,7-10H2,1H3,(H2,26,27,28,29,30)/b25-12-. The molecule has 1 fully saturated rings. The Hall–Kier alpha value is -2.46. The van der Waals surface area contributed by atoms with Crippen LogP contribution < -0.4 is 15.6 Å². The van der Waals surface area contributed by atoms with E-state index < -0.39 is 0 Å². The molecule has 2 heterocycles. The van der Waals surface area contributed by atoms with Gasteiger partial charge >= 0.3 is 0 Å². The maximum Gasteiger partial charge on any atom is 0.250 e. The zero-order valence-electron chi connectivity index (χ0n) is 17.1.